The summed E-state index contributed by atoms with van der Waals surface area (Å²) >= 11 is 8.01. The van der Waals surface area contributed by atoms with Crippen LogP contribution in [0.3, 0.4) is 0 Å². The smallest absolute Gasteiger partial charge is 0.125 e. The molecule has 0 radical (unpaired) electrons. The molecule has 0 atom stereocenters. The molecule has 4 heteroatoms. The Balaban J connectivity index is 3.17. The maximum absolute atomic E-state index is 4.02. The van der Waals surface area contributed by atoms with Gasteiger partial charge in [0.2, 0.25) is 0 Å². The maximum Gasteiger partial charge on any atom is 0.125 e. The van der Waals surface area contributed by atoms with E-state index < -0.39 is 0 Å². The van der Waals surface area contributed by atoms with E-state index >= 15 is 0 Å². The molecule has 0 N–H and O–H groups in total. The van der Waals surface area contributed by atoms with Crippen molar-refractivity contribution in [2.75, 3.05) is 0 Å². The molecule has 2 nitrogen and oxygen atoms in total. The molecule has 0 unspecified atom stereocenters. The lowest BCUT2D eigenvalue weighted by Gasteiger charge is -1.94. The Bertz CT molecular complexity index is 224. The zero-order chi connectivity index (χ0) is 6.85. The molecule has 0 aliphatic rings. The van der Waals surface area contributed by atoms with E-state index in [1.165, 1.54) is 0 Å². The first-order chi connectivity index (χ1) is 4.20. The predicted molar refractivity (Wildman–Crippen MR) is 41.3 cm³/mol. The Morgan fingerprint density at radius 3 is 2.44 bits per heavy atom. The van der Waals surface area contributed by atoms with E-state index in [0.29, 0.717) is 10.1 Å². The first-order valence-corrected chi connectivity index (χ1v) is 3.31. The number of hydrogen-bond acceptors (Lipinski definition) is 4. The summed E-state index contributed by atoms with van der Waals surface area (Å²) < 4.78 is 0. The average molecular weight is 158 g/mol. The van der Waals surface area contributed by atoms with Gasteiger partial charge in [-0.1, -0.05) is 0 Å². The van der Waals surface area contributed by atoms with Gasteiger partial charge in [-0.05, 0) is 6.92 Å². The third-order valence-corrected chi connectivity index (χ3v) is 1.67. The van der Waals surface area contributed by atoms with E-state index in [1.807, 2.05) is 6.92 Å². The summed E-state index contributed by atoms with van der Waals surface area (Å²) in [7, 11) is 0. The second-order valence-corrected chi connectivity index (χ2v) is 2.51. The largest absolute Gasteiger partial charge is 0.245 e. The molecule has 0 spiro atoms. The molecule has 0 saturated heterocycles. The molecule has 0 aromatic carbocycles. The summed E-state index contributed by atoms with van der Waals surface area (Å²) in [4.78, 5) is 7.90. The van der Waals surface area contributed by atoms with Gasteiger partial charge < -0.3 is 0 Å². The quantitative estimate of drug-likeness (QED) is 0.557. The van der Waals surface area contributed by atoms with Crippen molar-refractivity contribution in [3.8, 4) is 0 Å². The Morgan fingerprint density at radius 2 is 2.00 bits per heavy atom. The molecule has 0 bridgehead atoms. The minimum Gasteiger partial charge on any atom is -0.245 e. The molecule has 0 fully saturated rings. The van der Waals surface area contributed by atoms with Gasteiger partial charge in [-0.25, -0.2) is 9.97 Å². The van der Waals surface area contributed by atoms with Crippen LogP contribution in [0.4, 0.5) is 0 Å². The molecule has 9 heavy (non-hydrogen) atoms. The van der Waals surface area contributed by atoms with Crippen LogP contribution in [0, 0.1) is 6.92 Å². The van der Waals surface area contributed by atoms with Crippen molar-refractivity contribution >= 4 is 25.3 Å². The molecule has 1 heterocycles. The molecule has 1 rings (SSSR count). The normalized spacial score (nSPS) is 9.67. The summed E-state index contributed by atoms with van der Waals surface area (Å²) in [5, 5.41) is 1.15. The highest BCUT2D eigenvalue weighted by molar-refractivity contribution is 7.83. The van der Waals surface area contributed by atoms with Gasteiger partial charge in [0.1, 0.15) is 10.1 Å². The van der Waals surface area contributed by atoms with E-state index in [4.69, 9.17) is 0 Å². The van der Waals surface area contributed by atoms with Crippen LogP contribution in [-0.2, 0) is 0 Å². The fourth-order valence-corrected chi connectivity index (χ4v) is 0.781. The Hall–Kier alpha value is -0.220. The van der Waals surface area contributed by atoms with Gasteiger partial charge in [0.15, 0.2) is 0 Å². The van der Waals surface area contributed by atoms with Crippen LogP contribution >= 0.6 is 25.3 Å². The summed E-state index contributed by atoms with van der Waals surface area (Å²) in [6.45, 7) is 1.86. The second-order valence-electron chi connectivity index (χ2n) is 1.66. The zero-order valence-electron chi connectivity index (χ0n) is 4.87. The van der Waals surface area contributed by atoms with Crippen LogP contribution in [0.5, 0.6) is 0 Å². The third-order valence-electron chi connectivity index (χ3n) is 0.856. The molecular weight excluding hydrogens is 152 g/mol. The predicted octanol–water partition coefficient (Wildman–Crippen LogP) is 1.36. The summed E-state index contributed by atoms with van der Waals surface area (Å²) in [6, 6.07) is 0. The molecule has 0 saturated carbocycles. The Labute approximate surface area is 64.5 Å². The lowest BCUT2D eigenvalue weighted by atomic mass is 10.5. The van der Waals surface area contributed by atoms with Crippen molar-refractivity contribution in [1.82, 2.24) is 9.97 Å². The zero-order valence-corrected chi connectivity index (χ0v) is 6.66. The van der Waals surface area contributed by atoms with Crippen LogP contribution in [0.15, 0.2) is 16.2 Å². The summed E-state index contributed by atoms with van der Waals surface area (Å²) in [5.74, 6) is 0. The fourth-order valence-electron chi connectivity index (χ4n) is 0.458. The van der Waals surface area contributed by atoms with Gasteiger partial charge in [0.25, 0.3) is 0 Å². The number of aromatic nitrogens is 2. The number of hydrogen-bond donors (Lipinski definition) is 2. The van der Waals surface area contributed by atoms with Crippen LogP contribution in [0.25, 0.3) is 0 Å². The number of nitrogens with zero attached hydrogens (tertiary/aromatic N) is 2. The van der Waals surface area contributed by atoms with Crippen LogP contribution < -0.4 is 0 Å². The standard InChI is InChI=1S/C5H6N2S2/c1-3-2-6-4(8)5(9)7-3/h2H,1H3,(H,6,8)(H,7,9). The van der Waals surface area contributed by atoms with E-state index in [9.17, 15) is 0 Å². The van der Waals surface area contributed by atoms with Crippen molar-refractivity contribution in [2.45, 2.75) is 17.0 Å². The van der Waals surface area contributed by atoms with Gasteiger partial charge >= 0.3 is 0 Å². The lowest BCUT2D eigenvalue weighted by molar-refractivity contribution is 0.897. The molecule has 0 aliphatic heterocycles. The van der Waals surface area contributed by atoms with Crippen molar-refractivity contribution in [2.24, 2.45) is 0 Å². The third kappa shape index (κ3) is 1.59. The number of aryl methyl sites for hydroxylation is 1. The highest BCUT2D eigenvalue weighted by Gasteiger charge is 1.94. The summed E-state index contributed by atoms with van der Waals surface area (Å²) in [5.41, 5.74) is 0.859. The van der Waals surface area contributed by atoms with E-state index in [-0.39, 0.29) is 0 Å². The van der Waals surface area contributed by atoms with Crippen molar-refractivity contribution in [3.05, 3.63) is 11.9 Å². The minimum absolute atomic E-state index is 0.573. The summed E-state index contributed by atoms with van der Waals surface area (Å²) in [6.07, 6.45) is 1.65. The SMILES string of the molecule is Cc1cnc(S)c(S)n1. The van der Waals surface area contributed by atoms with Crippen LogP contribution in [0.1, 0.15) is 5.69 Å². The van der Waals surface area contributed by atoms with E-state index in [1.54, 1.807) is 6.20 Å². The van der Waals surface area contributed by atoms with Gasteiger partial charge in [0, 0.05) is 6.20 Å². The number of rotatable bonds is 0. The second kappa shape index (κ2) is 2.58. The topological polar surface area (TPSA) is 25.8 Å². The molecule has 48 valence electrons. The van der Waals surface area contributed by atoms with Crippen LogP contribution in [-0.4, -0.2) is 9.97 Å². The maximum atomic E-state index is 4.02. The van der Waals surface area contributed by atoms with Crippen LogP contribution in [0.2, 0.25) is 0 Å². The minimum atomic E-state index is 0.573. The molecule has 0 aliphatic carbocycles. The highest BCUT2D eigenvalue weighted by Crippen LogP contribution is 2.10. The molecule has 1 aromatic heterocycles. The first kappa shape index (κ1) is 6.89. The van der Waals surface area contributed by atoms with Crippen molar-refractivity contribution in [3.63, 3.8) is 0 Å². The van der Waals surface area contributed by atoms with Crippen molar-refractivity contribution < 1.29 is 0 Å². The molecular formula is C5H6N2S2. The Morgan fingerprint density at radius 1 is 1.33 bits per heavy atom. The number of thiol groups is 2. The molecule has 1 aromatic rings. The van der Waals surface area contributed by atoms with Gasteiger partial charge in [0.05, 0.1) is 5.69 Å². The monoisotopic (exact) mass is 158 g/mol. The average Bonchev–Trinajstić information content (AvgIpc) is 1.80. The van der Waals surface area contributed by atoms with E-state index in [0.717, 1.165) is 5.69 Å². The van der Waals surface area contributed by atoms with Gasteiger partial charge in [-0.3, -0.25) is 0 Å². The van der Waals surface area contributed by atoms with E-state index in [2.05, 4.69) is 35.2 Å². The van der Waals surface area contributed by atoms with Gasteiger partial charge in [-0.15, -0.1) is 25.3 Å². The molecule has 0 amide bonds. The highest BCUT2D eigenvalue weighted by atomic mass is 32.1. The first-order valence-electron chi connectivity index (χ1n) is 2.41. The fraction of sp³-hybridized carbons (Fsp3) is 0.200. The van der Waals surface area contributed by atoms with Gasteiger partial charge in [-0.2, -0.15) is 0 Å². The Kier molecular flexibility index (Phi) is 1.97. The lowest BCUT2D eigenvalue weighted by Crippen LogP contribution is -1.86. The van der Waals surface area contributed by atoms with Crippen molar-refractivity contribution in [1.29, 1.82) is 0 Å².